The second-order valence-corrected chi connectivity index (χ2v) is 6.64. The molecule has 2 amide bonds. The van der Waals surface area contributed by atoms with Crippen molar-refractivity contribution in [3.05, 3.63) is 42.2 Å². The number of anilines is 1. The lowest BCUT2D eigenvalue weighted by Gasteiger charge is -2.12. The summed E-state index contributed by atoms with van der Waals surface area (Å²) in [6.45, 7) is 3.58. The molecule has 2 aromatic rings. The van der Waals surface area contributed by atoms with Gasteiger partial charge in [0.15, 0.2) is 5.16 Å². The standard InChI is InChI=1S/C17H22N4O3S/c1-12(2)19-15(23)9-21-14(10-22)8-18-17(21)25-11-16(24)20-13-6-4-3-5-7-13/h3-8,12,22H,9-11H2,1-2H3,(H,19,23)(H,20,24). The fraction of sp³-hybridized carbons (Fsp3) is 0.353. The van der Waals surface area contributed by atoms with Crippen LogP contribution in [-0.2, 0) is 22.7 Å². The van der Waals surface area contributed by atoms with Gasteiger partial charge in [0.05, 0.1) is 24.3 Å². The smallest absolute Gasteiger partial charge is 0.240 e. The van der Waals surface area contributed by atoms with Gasteiger partial charge in [-0.1, -0.05) is 30.0 Å². The number of benzene rings is 1. The minimum atomic E-state index is -0.223. The average molecular weight is 362 g/mol. The summed E-state index contributed by atoms with van der Waals surface area (Å²) in [5.74, 6) is -0.177. The summed E-state index contributed by atoms with van der Waals surface area (Å²) in [6.07, 6.45) is 1.51. The Morgan fingerprint density at radius 3 is 2.60 bits per heavy atom. The van der Waals surface area contributed by atoms with Gasteiger partial charge in [-0.15, -0.1) is 0 Å². The largest absolute Gasteiger partial charge is 0.390 e. The topological polar surface area (TPSA) is 96.2 Å². The molecule has 0 atom stereocenters. The third-order valence-corrected chi connectivity index (χ3v) is 4.20. The average Bonchev–Trinajstić information content (AvgIpc) is 2.95. The van der Waals surface area contributed by atoms with Crippen LogP contribution < -0.4 is 10.6 Å². The molecule has 0 bridgehead atoms. The number of aliphatic hydroxyl groups excluding tert-OH is 1. The molecule has 0 aliphatic rings. The molecular weight excluding hydrogens is 340 g/mol. The minimum absolute atomic E-state index is 0.0290. The highest BCUT2D eigenvalue weighted by Gasteiger charge is 2.15. The number of imidazole rings is 1. The molecule has 0 saturated heterocycles. The van der Waals surface area contributed by atoms with Crippen molar-refractivity contribution in [2.75, 3.05) is 11.1 Å². The summed E-state index contributed by atoms with van der Waals surface area (Å²) in [5.41, 5.74) is 1.26. The molecule has 0 aliphatic carbocycles. The predicted octanol–water partition coefficient (Wildman–Crippen LogP) is 1.63. The number of amides is 2. The monoisotopic (exact) mass is 362 g/mol. The Morgan fingerprint density at radius 2 is 1.96 bits per heavy atom. The van der Waals surface area contributed by atoms with Crippen molar-refractivity contribution in [1.29, 1.82) is 0 Å². The van der Waals surface area contributed by atoms with Crippen LogP contribution in [0.15, 0.2) is 41.7 Å². The normalized spacial score (nSPS) is 10.7. The van der Waals surface area contributed by atoms with Gasteiger partial charge in [0.1, 0.15) is 6.54 Å². The van der Waals surface area contributed by atoms with E-state index in [-0.39, 0.29) is 36.8 Å². The van der Waals surface area contributed by atoms with E-state index in [1.54, 1.807) is 4.57 Å². The van der Waals surface area contributed by atoms with Gasteiger partial charge in [-0.05, 0) is 26.0 Å². The number of aliphatic hydroxyl groups is 1. The maximum absolute atomic E-state index is 12.0. The highest BCUT2D eigenvalue weighted by molar-refractivity contribution is 7.99. The molecule has 1 aromatic carbocycles. The van der Waals surface area contributed by atoms with Crippen molar-refractivity contribution in [2.45, 2.75) is 38.2 Å². The summed E-state index contributed by atoms with van der Waals surface area (Å²) in [5, 5.41) is 15.5. The molecule has 0 aliphatic heterocycles. The first-order valence-electron chi connectivity index (χ1n) is 7.92. The van der Waals surface area contributed by atoms with Crippen LogP contribution in [-0.4, -0.2) is 38.3 Å². The molecule has 2 rings (SSSR count). The molecule has 0 saturated carbocycles. The van der Waals surface area contributed by atoms with E-state index >= 15 is 0 Å². The third-order valence-electron chi connectivity index (χ3n) is 3.20. The molecule has 3 N–H and O–H groups in total. The molecule has 8 heteroatoms. The Bertz CT molecular complexity index is 716. The Balaban J connectivity index is 1.98. The number of carbonyl (C=O) groups is 2. The van der Waals surface area contributed by atoms with E-state index in [0.29, 0.717) is 10.9 Å². The van der Waals surface area contributed by atoms with E-state index in [1.165, 1.54) is 18.0 Å². The highest BCUT2D eigenvalue weighted by Crippen LogP contribution is 2.19. The van der Waals surface area contributed by atoms with Crippen molar-refractivity contribution in [3.63, 3.8) is 0 Å². The van der Waals surface area contributed by atoms with Crippen LogP contribution in [0.25, 0.3) is 0 Å². The quantitative estimate of drug-likeness (QED) is 0.620. The molecule has 1 heterocycles. The van der Waals surface area contributed by atoms with Crippen LogP contribution in [0, 0.1) is 0 Å². The number of thioether (sulfide) groups is 1. The first kappa shape index (κ1) is 19.0. The second kappa shape index (κ2) is 9.24. The van der Waals surface area contributed by atoms with E-state index in [1.807, 2.05) is 44.2 Å². The van der Waals surface area contributed by atoms with Gasteiger partial charge in [0, 0.05) is 11.7 Å². The van der Waals surface area contributed by atoms with E-state index in [9.17, 15) is 14.7 Å². The van der Waals surface area contributed by atoms with Gasteiger partial charge in [0.2, 0.25) is 11.8 Å². The number of hydrogen-bond acceptors (Lipinski definition) is 5. The number of nitrogens with zero attached hydrogens (tertiary/aromatic N) is 2. The maximum Gasteiger partial charge on any atom is 0.240 e. The fourth-order valence-electron chi connectivity index (χ4n) is 2.16. The molecule has 0 radical (unpaired) electrons. The summed E-state index contributed by atoms with van der Waals surface area (Å²) >= 11 is 1.22. The van der Waals surface area contributed by atoms with Crippen LogP contribution >= 0.6 is 11.8 Å². The third kappa shape index (κ3) is 5.91. The Kier molecular flexibility index (Phi) is 7.03. The van der Waals surface area contributed by atoms with Gasteiger partial charge in [-0.3, -0.25) is 9.59 Å². The molecule has 0 unspecified atom stereocenters. The Hall–Kier alpha value is -2.32. The van der Waals surface area contributed by atoms with Crippen molar-refractivity contribution in [3.8, 4) is 0 Å². The molecule has 7 nitrogen and oxygen atoms in total. The molecular formula is C17H22N4O3S. The lowest BCUT2D eigenvalue weighted by Crippen LogP contribution is -2.33. The summed E-state index contributed by atoms with van der Waals surface area (Å²) in [6, 6.07) is 9.21. The first-order valence-corrected chi connectivity index (χ1v) is 8.90. The highest BCUT2D eigenvalue weighted by atomic mass is 32.2. The first-order chi connectivity index (χ1) is 12.0. The maximum atomic E-state index is 12.0. The number of nitrogens with one attached hydrogen (secondary N) is 2. The number of rotatable bonds is 8. The number of hydrogen-bond donors (Lipinski definition) is 3. The van der Waals surface area contributed by atoms with Crippen LogP contribution in [0.4, 0.5) is 5.69 Å². The summed E-state index contributed by atoms with van der Waals surface area (Å²) in [7, 11) is 0. The minimum Gasteiger partial charge on any atom is -0.390 e. The van der Waals surface area contributed by atoms with Crippen molar-refractivity contribution in [2.24, 2.45) is 0 Å². The van der Waals surface area contributed by atoms with Crippen molar-refractivity contribution >= 4 is 29.3 Å². The van der Waals surface area contributed by atoms with Crippen molar-refractivity contribution < 1.29 is 14.7 Å². The summed E-state index contributed by atoms with van der Waals surface area (Å²) < 4.78 is 1.62. The number of carbonyl (C=O) groups excluding carboxylic acids is 2. The fourth-order valence-corrected chi connectivity index (χ4v) is 2.96. The molecule has 134 valence electrons. The molecule has 0 spiro atoms. The van der Waals surface area contributed by atoms with Crippen LogP contribution in [0.1, 0.15) is 19.5 Å². The number of para-hydroxylation sites is 1. The zero-order valence-corrected chi connectivity index (χ0v) is 15.0. The van der Waals surface area contributed by atoms with Gasteiger partial charge >= 0.3 is 0 Å². The number of aromatic nitrogens is 2. The Morgan fingerprint density at radius 1 is 1.24 bits per heavy atom. The van der Waals surface area contributed by atoms with Crippen LogP contribution in [0.2, 0.25) is 0 Å². The van der Waals surface area contributed by atoms with Crippen LogP contribution in [0.3, 0.4) is 0 Å². The van der Waals surface area contributed by atoms with Gasteiger partial charge < -0.3 is 20.3 Å². The molecule has 25 heavy (non-hydrogen) atoms. The lowest BCUT2D eigenvalue weighted by atomic mass is 10.3. The van der Waals surface area contributed by atoms with E-state index in [0.717, 1.165) is 5.69 Å². The second-order valence-electron chi connectivity index (χ2n) is 5.70. The van der Waals surface area contributed by atoms with E-state index in [4.69, 9.17) is 0 Å². The van der Waals surface area contributed by atoms with Gasteiger partial charge in [-0.25, -0.2) is 4.98 Å². The Labute approximate surface area is 150 Å². The molecule has 1 aromatic heterocycles. The lowest BCUT2D eigenvalue weighted by molar-refractivity contribution is -0.122. The van der Waals surface area contributed by atoms with Gasteiger partial charge in [0.25, 0.3) is 0 Å². The van der Waals surface area contributed by atoms with E-state index in [2.05, 4.69) is 15.6 Å². The van der Waals surface area contributed by atoms with Gasteiger partial charge in [-0.2, -0.15) is 0 Å². The summed E-state index contributed by atoms with van der Waals surface area (Å²) in [4.78, 5) is 28.2. The van der Waals surface area contributed by atoms with E-state index < -0.39 is 0 Å². The zero-order chi connectivity index (χ0) is 18.2. The zero-order valence-electron chi connectivity index (χ0n) is 14.2. The predicted molar refractivity (Wildman–Crippen MR) is 97.2 cm³/mol. The van der Waals surface area contributed by atoms with Crippen LogP contribution in [0.5, 0.6) is 0 Å². The van der Waals surface area contributed by atoms with Crippen molar-refractivity contribution in [1.82, 2.24) is 14.9 Å². The SMILES string of the molecule is CC(C)NC(=O)Cn1c(CO)cnc1SCC(=O)Nc1ccccc1. The molecule has 0 fully saturated rings.